The van der Waals surface area contributed by atoms with Crippen LogP contribution in [0.1, 0.15) is 86.0 Å². The van der Waals surface area contributed by atoms with Crippen molar-refractivity contribution >= 4 is 18.0 Å². The quantitative estimate of drug-likeness (QED) is 0.225. The second-order valence-electron chi connectivity index (χ2n) is 7.99. The number of rotatable bonds is 16. The molecule has 0 aromatic heterocycles. The molecule has 29 heavy (non-hydrogen) atoms. The minimum atomic E-state index is -0.531. The fraction of sp³-hybridized carbons (Fsp3) is 0.864. The fourth-order valence-corrected chi connectivity index (χ4v) is 2.50. The minimum absolute atomic E-state index is 0.122. The maximum absolute atomic E-state index is 11.8. The summed E-state index contributed by atoms with van der Waals surface area (Å²) in [7, 11) is 0. The van der Waals surface area contributed by atoms with Gasteiger partial charge in [0.25, 0.3) is 0 Å². The Hall–Kier alpha value is -1.79. The minimum Gasteiger partial charge on any atom is -0.465 e. The van der Waals surface area contributed by atoms with Crippen LogP contribution in [-0.4, -0.2) is 44.4 Å². The molecule has 0 radical (unpaired) electrons. The predicted molar refractivity (Wildman–Crippen MR) is 112 cm³/mol. The Bertz CT molecular complexity index is 478. The molecule has 0 aliphatic heterocycles. The van der Waals surface area contributed by atoms with Crippen molar-refractivity contribution in [3.8, 4) is 0 Å². The number of carbonyl (C=O) groups excluding carboxylic acids is 3. The normalized spacial score (nSPS) is 12.2. The van der Waals surface area contributed by atoms with E-state index in [4.69, 9.17) is 14.2 Å². The van der Waals surface area contributed by atoms with Crippen LogP contribution in [0, 0.1) is 11.3 Å². The third kappa shape index (κ3) is 13.9. The van der Waals surface area contributed by atoms with Crippen LogP contribution in [0.25, 0.3) is 0 Å². The Kier molecular flexibility index (Phi) is 15.1. The highest BCUT2D eigenvalue weighted by Crippen LogP contribution is 2.21. The third-order valence-corrected chi connectivity index (χ3v) is 5.05. The molecule has 0 aromatic rings. The molecule has 0 rings (SSSR count). The molecule has 0 aliphatic carbocycles. The van der Waals surface area contributed by atoms with E-state index in [0.717, 1.165) is 32.1 Å². The van der Waals surface area contributed by atoms with E-state index in [1.54, 1.807) is 0 Å². The van der Waals surface area contributed by atoms with Gasteiger partial charge in [-0.25, -0.2) is 4.79 Å². The van der Waals surface area contributed by atoms with E-state index in [0.29, 0.717) is 31.8 Å². The number of nitrogens with one attached hydrogen (secondary N) is 1. The van der Waals surface area contributed by atoms with Crippen LogP contribution in [0.3, 0.4) is 0 Å². The number of hydrogen-bond donors (Lipinski definition) is 1. The van der Waals surface area contributed by atoms with E-state index in [1.165, 1.54) is 0 Å². The predicted octanol–water partition coefficient (Wildman–Crippen LogP) is 4.62. The molecule has 0 fully saturated rings. The van der Waals surface area contributed by atoms with Crippen molar-refractivity contribution in [2.45, 2.75) is 86.0 Å². The topological polar surface area (TPSA) is 90.9 Å². The van der Waals surface area contributed by atoms with Crippen LogP contribution in [0.5, 0.6) is 0 Å². The molecule has 1 atom stereocenters. The molecule has 7 nitrogen and oxygen atoms in total. The van der Waals surface area contributed by atoms with Gasteiger partial charge in [-0.05, 0) is 51.9 Å². The molecule has 1 amide bonds. The molecular formula is C22H41NO6. The molecule has 1 unspecified atom stereocenters. The highest BCUT2D eigenvalue weighted by molar-refractivity contribution is 5.75. The number of carbonyl (C=O) groups is 3. The molecule has 0 saturated heterocycles. The standard InChI is InChI=1S/C22H41NO6/c1-6-12-18(7-2)17-29-19(24)13-10-9-11-15-28-21(26)23-14-16-27-20(25)22(4,5)8-3/h18H,6-17H2,1-5H3,(H,23,26). The van der Waals surface area contributed by atoms with E-state index in [2.05, 4.69) is 19.2 Å². The number of unbranched alkanes of at least 4 members (excludes halogenated alkanes) is 2. The lowest BCUT2D eigenvalue weighted by molar-refractivity contribution is -0.154. The summed E-state index contributed by atoms with van der Waals surface area (Å²) in [6, 6.07) is 0. The van der Waals surface area contributed by atoms with Gasteiger partial charge in [0, 0.05) is 6.42 Å². The number of amides is 1. The summed E-state index contributed by atoms with van der Waals surface area (Å²) in [6.07, 6.45) is 5.97. The summed E-state index contributed by atoms with van der Waals surface area (Å²) in [5, 5.41) is 2.55. The van der Waals surface area contributed by atoms with Gasteiger partial charge in [0.15, 0.2) is 0 Å². The first-order chi connectivity index (χ1) is 13.8. The van der Waals surface area contributed by atoms with E-state index >= 15 is 0 Å². The van der Waals surface area contributed by atoms with Crippen LogP contribution in [0.2, 0.25) is 0 Å². The molecule has 0 aliphatic rings. The van der Waals surface area contributed by atoms with Gasteiger partial charge in [-0.15, -0.1) is 0 Å². The molecule has 1 N–H and O–H groups in total. The second kappa shape index (κ2) is 16.1. The zero-order valence-corrected chi connectivity index (χ0v) is 19.0. The Morgan fingerprint density at radius 2 is 1.66 bits per heavy atom. The second-order valence-corrected chi connectivity index (χ2v) is 7.99. The van der Waals surface area contributed by atoms with E-state index in [1.807, 2.05) is 20.8 Å². The highest BCUT2D eigenvalue weighted by Gasteiger charge is 2.26. The van der Waals surface area contributed by atoms with Gasteiger partial charge in [0.1, 0.15) is 6.61 Å². The maximum atomic E-state index is 11.8. The summed E-state index contributed by atoms with van der Waals surface area (Å²) in [5.74, 6) is 0.0285. The van der Waals surface area contributed by atoms with Crippen LogP contribution in [0.15, 0.2) is 0 Å². The van der Waals surface area contributed by atoms with Crippen molar-refractivity contribution in [3.05, 3.63) is 0 Å². The van der Waals surface area contributed by atoms with Crippen molar-refractivity contribution in [2.24, 2.45) is 11.3 Å². The average molecular weight is 416 g/mol. The van der Waals surface area contributed by atoms with Gasteiger partial charge < -0.3 is 19.5 Å². The van der Waals surface area contributed by atoms with Gasteiger partial charge >= 0.3 is 18.0 Å². The summed E-state index contributed by atoms with van der Waals surface area (Å²) in [6.45, 7) is 11.0. The molecular weight excluding hydrogens is 374 g/mol. The first kappa shape index (κ1) is 27.2. The van der Waals surface area contributed by atoms with Gasteiger partial charge in [-0.3, -0.25) is 9.59 Å². The van der Waals surface area contributed by atoms with Crippen molar-refractivity contribution in [3.63, 3.8) is 0 Å². The lowest BCUT2D eigenvalue weighted by atomic mass is 9.91. The monoisotopic (exact) mass is 415 g/mol. The molecule has 0 saturated carbocycles. The van der Waals surface area contributed by atoms with E-state index in [9.17, 15) is 14.4 Å². The van der Waals surface area contributed by atoms with Crippen molar-refractivity contribution in [1.29, 1.82) is 0 Å². The van der Waals surface area contributed by atoms with Crippen LogP contribution < -0.4 is 5.32 Å². The van der Waals surface area contributed by atoms with E-state index in [-0.39, 0.29) is 31.7 Å². The maximum Gasteiger partial charge on any atom is 0.407 e. The summed E-state index contributed by atoms with van der Waals surface area (Å²) in [4.78, 5) is 35.1. The number of hydrogen-bond acceptors (Lipinski definition) is 6. The van der Waals surface area contributed by atoms with Gasteiger partial charge in [-0.1, -0.05) is 33.6 Å². The SMILES string of the molecule is CCCC(CC)COC(=O)CCCCCOC(=O)NCCOC(=O)C(C)(C)CC. The largest absolute Gasteiger partial charge is 0.465 e. The van der Waals surface area contributed by atoms with Crippen LogP contribution >= 0.6 is 0 Å². The van der Waals surface area contributed by atoms with Gasteiger partial charge in [0.05, 0.1) is 25.2 Å². The van der Waals surface area contributed by atoms with Crippen LogP contribution in [0.4, 0.5) is 4.79 Å². The van der Waals surface area contributed by atoms with Gasteiger partial charge in [0.2, 0.25) is 0 Å². The molecule has 0 aromatic carbocycles. The fourth-order valence-electron chi connectivity index (χ4n) is 2.50. The van der Waals surface area contributed by atoms with Crippen molar-refractivity contribution in [1.82, 2.24) is 5.32 Å². The first-order valence-electron chi connectivity index (χ1n) is 11.0. The summed E-state index contributed by atoms with van der Waals surface area (Å²) < 4.78 is 15.5. The summed E-state index contributed by atoms with van der Waals surface area (Å²) >= 11 is 0. The van der Waals surface area contributed by atoms with Crippen molar-refractivity contribution < 1.29 is 28.6 Å². The smallest absolute Gasteiger partial charge is 0.407 e. The average Bonchev–Trinajstić information content (AvgIpc) is 2.70. The zero-order chi connectivity index (χ0) is 22.1. The third-order valence-electron chi connectivity index (χ3n) is 5.05. The lowest BCUT2D eigenvalue weighted by Gasteiger charge is -2.20. The van der Waals surface area contributed by atoms with Crippen molar-refractivity contribution in [2.75, 3.05) is 26.4 Å². The Labute approximate surface area is 176 Å². The summed E-state index contributed by atoms with van der Waals surface area (Å²) in [5.41, 5.74) is -0.514. The molecule has 7 heteroatoms. The lowest BCUT2D eigenvalue weighted by Crippen LogP contribution is -2.32. The Balaban J connectivity index is 3.62. The highest BCUT2D eigenvalue weighted by atomic mass is 16.6. The Morgan fingerprint density at radius 1 is 0.931 bits per heavy atom. The first-order valence-corrected chi connectivity index (χ1v) is 11.0. The zero-order valence-electron chi connectivity index (χ0n) is 19.0. The van der Waals surface area contributed by atoms with Gasteiger partial charge in [-0.2, -0.15) is 0 Å². The number of alkyl carbamates (subject to hydrolysis) is 1. The van der Waals surface area contributed by atoms with Crippen LogP contribution in [-0.2, 0) is 23.8 Å². The number of esters is 2. The van der Waals surface area contributed by atoms with E-state index < -0.39 is 11.5 Å². The Morgan fingerprint density at radius 3 is 2.28 bits per heavy atom. The molecule has 170 valence electrons. The molecule has 0 spiro atoms. The number of ether oxygens (including phenoxy) is 3. The molecule has 0 bridgehead atoms. The molecule has 0 heterocycles.